The third-order valence-corrected chi connectivity index (χ3v) is 2.14. The van der Waals surface area contributed by atoms with Crippen LogP contribution < -0.4 is 5.32 Å². The van der Waals surface area contributed by atoms with Gasteiger partial charge in [0.1, 0.15) is 11.6 Å². The van der Waals surface area contributed by atoms with E-state index in [0.717, 1.165) is 5.76 Å². The van der Waals surface area contributed by atoms with E-state index in [2.05, 4.69) is 15.3 Å². The molecule has 0 aliphatic carbocycles. The molecule has 0 atom stereocenters. The van der Waals surface area contributed by atoms with Gasteiger partial charge < -0.3 is 9.73 Å². The Morgan fingerprint density at radius 2 is 2.33 bits per heavy atom. The fraction of sp³-hybridized carbons (Fsp3) is 0.200. The lowest BCUT2D eigenvalue weighted by molar-refractivity contribution is 0.479. The van der Waals surface area contributed by atoms with Crippen LogP contribution >= 0.6 is 11.6 Å². The van der Waals surface area contributed by atoms with E-state index in [0.29, 0.717) is 23.3 Å². The molecule has 0 saturated heterocycles. The number of hydrogen-bond acceptors (Lipinski definition) is 4. The van der Waals surface area contributed by atoms with E-state index in [-0.39, 0.29) is 0 Å². The van der Waals surface area contributed by atoms with Gasteiger partial charge >= 0.3 is 0 Å². The minimum Gasteiger partial charge on any atom is -0.444 e. The van der Waals surface area contributed by atoms with E-state index < -0.39 is 0 Å². The number of hydrogen-bond donors (Lipinski definition) is 1. The Hall–Kier alpha value is -1.55. The van der Waals surface area contributed by atoms with E-state index in [1.165, 1.54) is 0 Å². The summed E-state index contributed by atoms with van der Waals surface area (Å²) in [7, 11) is 0. The second-order valence-corrected chi connectivity index (χ2v) is 3.46. The molecule has 0 radical (unpaired) electrons. The standard InChI is InChI=1S/C10H10ClN3O/c1-7-5-13-9(15-7)6-14-10-8(11)3-2-4-12-10/h2-5H,6H2,1H3,(H,12,14). The van der Waals surface area contributed by atoms with Gasteiger partial charge in [0.05, 0.1) is 17.8 Å². The molecule has 2 rings (SSSR count). The maximum atomic E-state index is 5.92. The molecule has 5 heteroatoms. The number of anilines is 1. The summed E-state index contributed by atoms with van der Waals surface area (Å²) in [5, 5.41) is 3.63. The molecule has 15 heavy (non-hydrogen) atoms. The molecule has 0 unspecified atom stereocenters. The maximum Gasteiger partial charge on any atom is 0.213 e. The number of oxazole rings is 1. The Labute approximate surface area is 92.3 Å². The van der Waals surface area contributed by atoms with Crippen molar-refractivity contribution < 1.29 is 4.42 Å². The van der Waals surface area contributed by atoms with E-state index in [1.54, 1.807) is 24.5 Å². The summed E-state index contributed by atoms with van der Waals surface area (Å²) in [6.45, 7) is 2.33. The topological polar surface area (TPSA) is 51.0 Å². The third-order valence-electron chi connectivity index (χ3n) is 1.83. The van der Waals surface area contributed by atoms with Gasteiger partial charge in [0.25, 0.3) is 0 Å². The summed E-state index contributed by atoms with van der Waals surface area (Å²) in [6, 6.07) is 3.56. The first-order valence-corrected chi connectivity index (χ1v) is 4.89. The molecule has 0 saturated carbocycles. The van der Waals surface area contributed by atoms with Gasteiger partial charge in [-0.15, -0.1) is 0 Å². The van der Waals surface area contributed by atoms with E-state index in [4.69, 9.17) is 16.0 Å². The molecule has 78 valence electrons. The average molecular weight is 224 g/mol. The molecule has 0 aliphatic rings. The highest BCUT2D eigenvalue weighted by molar-refractivity contribution is 6.32. The SMILES string of the molecule is Cc1cnc(CNc2ncccc2Cl)o1. The molecule has 1 N–H and O–H groups in total. The van der Waals surface area contributed by atoms with E-state index in [1.807, 2.05) is 6.92 Å². The molecule has 2 heterocycles. The summed E-state index contributed by atoms with van der Waals surface area (Å²) < 4.78 is 5.30. The van der Waals surface area contributed by atoms with Crippen LogP contribution in [0.1, 0.15) is 11.7 Å². The van der Waals surface area contributed by atoms with Gasteiger partial charge in [0, 0.05) is 6.20 Å². The highest BCUT2D eigenvalue weighted by atomic mass is 35.5. The van der Waals surface area contributed by atoms with Gasteiger partial charge in [-0.1, -0.05) is 11.6 Å². The van der Waals surface area contributed by atoms with Gasteiger partial charge in [0.15, 0.2) is 0 Å². The Kier molecular flexibility index (Phi) is 2.87. The molecule has 2 aromatic heterocycles. The van der Waals surface area contributed by atoms with Crippen LogP contribution in [0.4, 0.5) is 5.82 Å². The van der Waals surface area contributed by atoms with Gasteiger partial charge in [-0.2, -0.15) is 0 Å². The van der Waals surface area contributed by atoms with Crippen LogP contribution in [0.15, 0.2) is 28.9 Å². The van der Waals surface area contributed by atoms with Gasteiger partial charge in [-0.25, -0.2) is 9.97 Å². The van der Waals surface area contributed by atoms with Crippen molar-refractivity contribution in [3.63, 3.8) is 0 Å². The zero-order valence-corrected chi connectivity index (χ0v) is 8.95. The van der Waals surface area contributed by atoms with E-state index >= 15 is 0 Å². The second-order valence-electron chi connectivity index (χ2n) is 3.05. The minimum absolute atomic E-state index is 0.477. The first-order valence-electron chi connectivity index (χ1n) is 4.51. The molecule has 0 amide bonds. The minimum atomic E-state index is 0.477. The highest BCUT2D eigenvalue weighted by Gasteiger charge is 2.03. The summed E-state index contributed by atoms with van der Waals surface area (Å²) in [6.07, 6.45) is 3.35. The third kappa shape index (κ3) is 2.47. The van der Waals surface area contributed by atoms with Crippen LogP contribution in [0.2, 0.25) is 5.02 Å². The molecular formula is C10H10ClN3O. The number of aromatic nitrogens is 2. The lowest BCUT2D eigenvalue weighted by Crippen LogP contribution is -2.01. The molecule has 0 aliphatic heterocycles. The summed E-state index contributed by atoms with van der Waals surface area (Å²) in [5.41, 5.74) is 0. The number of nitrogens with one attached hydrogen (secondary N) is 1. The van der Waals surface area contributed by atoms with Crippen molar-refractivity contribution in [3.8, 4) is 0 Å². The number of rotatable bonds is 3. The van der Waals surface area contributed by atoms with Crippen LogP contribution in [-0.4, -0.2) is 9.97 Å². The van der Waals surface area contributed by atoms with Crippen LogP contribution in [0.25, 0.3) is 0 Å². The lowest BCUT2D eigenvalue weighted by Gasteiger charge is -2.03. The van der Waals surface area contributed by atoms with Crippen LogP contribution in [-0.2, 0) is 6.54 Å². The Morgan fingerprint density at radius 1 is 1.47 bits per heavy atom. The number of halogens is 1. The Bertz CT molecular complexity index is 455. The van der Waals surface area contributed by atoms with Crippen LogP contribution in [0, 0.1) is 6.92 Å². The maximum absolute atomic E-state index is 5.92. The van der Waals surface area contributed by atoms with Crippen LogP contribution in [0.3, 0.4) is 0 Å². The molecule has 0 bridgehead atoms. The first-order chi connectivity index (χ1) is 7.25. The quantitative estimate of drug-likeness (QED) is 0.869. The zero-order chi connectivity index (χ0) is 10.7. The van der Waals surface area contributed by atoms with Gasteiger partial charge in [0.2, 0.25) is 5.89 Å². The van der Waals surface area contributed by atoms with Crippen molar-refractivity contribution in [2.45, 2.75) is 13.5 Å². The van der Waals surface area contributed by atoms with Crippen LogP contribution in [0.5, 0.6) is 0 Å². The highest BCUT2D eigenvalue weighted by Crippen LogP contribution is 2.17. The van der Waals surface area contributed by atoms with E-state index in [9.17, 15) is 0 Å². The fourth-order valence-corrected chi connectivity index (χ4v) is 1.35. The summed E-state index contributed by atoms with van der Waals surface area (Å²) in [5.74, 6) is 2.04. The molecule has 4 nitrogen and oxygen atoms in total. The first kappa shape index (κ1) is 9.98. The van der Waals surface area contributed by atoms with Crippen molar-refractivity contribution in [2.24, 2.45) is 0 Å². The van der Waals surface area contributed by atoms with Crippen molar-refractivity contribution in [2.75, 3.05) is 5.32 Å². The average Bonchev–Trinajstić information content (AvgIpc) is 2.63. The number of pyridine rings is 1. The molecule has 0 fully saturated rings. The van der Waals surface area contributed by atoms with Crippen molar-refractivity contribution in [1.29, 1.82) is 0 Å². The Balaban J connectivity index is 2.02. The second kappa shape index (κ2) is 4.31. The fourth-order valence-electron chi connectivity index (χ4n) is 1.16. The smallest absolute Gasteiger partial charge is 0.213 e. The van der Waals surface area contributed by atoms with Gasteiger partial charge in [-0.05, 0) is 19.1 Å². The number of aryl methyl sites for hydroxylation is 1. The predicted molar refractivity (Wildman–Crippen MR) is 57.8 cm³/mol. The van der Waals surface area contributed by atoms with Crippen molar-refractivity contribution >= 4 is 17.4 Å². The number of nitrogens with zero attached hydrogens (tertiary/aromatic N) is 2. The molecule has 2 aromatic rings. The molecule has 0 aromatic carbocycles. The molecule has 0 spiro atoms. The van der Waals surface area contributed by atoms with Gasteiger partial charge in [-0.3, -0.25) is 0 Å². The van der Waals surface area contributed by atoms with Crippen molar-refractivity contribution in [1.82, 2.24) is 9.97 Å². The lowest BCUT2D eigenvalue weighted by atomic mass is 10.4. The monoisotopic (exact) mass is 223 g/mol. The zero-order valence-electron chi connectivity index (χ0n) is 8.20. The molecular weight excluding hydrogens is 214 g/mol. The largest absolute Gasteiger partial charge is 0.444 e. The normalized spacial score (nSPS) is 10.3. The summed E-state index contributed by atoms with van der Waals surface area (Å²) >= 11 is 5.92. The predicted octanol–water partition coefficient (Wildman–Crippen LogP) is 2.64. The summed E-state index contributed by atoms with van der Waals surface area (Å²) in [4.78, 5) is 8.15. The Morgan fingerprint density at radius 3 is 3.00 bits per heavy atom. The van der Waals surface area contributed by atoms with Crippen molar-refractivity contribution in [3.05, 3.63) is 41.2 Å².